The number of hydrogen-bond acceptors (Lipinski definition) is 3. The van der Waals surface area contributed by atoms with Gasteiger partial charge in [0.05, 0.1) is 6.07 Å². The van der Waals surface area contributed by atoms with Gasteiger partial charge in [-0.1, -0.05) is 11.6 Å². The van der Waals surface area contributed by atoms with Gasteiger partial charge in [-0.05, 0) is 51.0 Å². The molecule has 1 N–H and O–H groups in total. The summed E-state index contributed by atoms with van der Waals surface area (Å²) in [7, 11) is 0. The van der Waals surface area contributed by atoms with Crippen molar-refractivity contribution in [2.24, 2.45) is 0 Å². The number of hydrogen-bond donors (Lipinski definition) is 1. The highest BCUT2D eigenvalue weighted by Crippen LogP contribution is 2.28. The molecule has 0 aromatic heterocycles. The molecule has 3 nitrogen and oxygen atoms in total. The molecule has 19 heavy (non-hydrogen) atoms. The third-order valence-corrected chi connectivity index (χ3v) is 4.08. The molecule has 1 aliphatic rings. The Labute approximate surface area is 120 Å². The van der Waals surface area contributed by atoms with E-state index in [4.69, 9.17) is 11.6 Å². The lowest BCUT2D eigenvalue weighted by atomic mass is 9.88. The van der Waals surface area contributed by atoms with Gasteiger partial charge in [0.15, 0.2) is 0 Å². The first kappa shape index (κ1) is 14.2. The van der Waals surface area contributed by atoms with E-state index in [2.05, 4.69) is 30.1 Å². The molecule has 0 unspecified atom stereocenters. The molecule has 0 radical (unpaired) electrons. The largest absolute Gasteiger partial charge is 0.367 e. The monoisotopic (exact) mass is 277 g/mol. The highest BCUT2D eigenvalue weighted by molar-refractivity contribution is 6.30. The molecular weight excluding hydrogens is 258 g/mol. The summed E-state index contributed by atoms with van der Waals surface area (Å²) < 4.78 is 0. The van der Waals surface area contributed by atoms with E-state index in [0.29, 0.717) is 11.1 Å². The normalized spacial score (nSPS) is 19.1. The van der Waals surface area contributed by atoms with Gasteiger partial charge in [-0.3, -0.25) is 0 Å². The zero-order valence-electron chi connectivity index (χ0n) is 11.5. The first-order valence-electron chi connectivity index (χ1n) is 6.74. The van der Waals surface area contributed by atoms with Gasteiger partial charge in [0.1, 0.15) is 5.54 Å². The maximum Gasteiger partial charge on any atom is 0.127 e. The quantitative estimate of drug-likeness (QED) is 0.919. The van der Waals surface area contributed by atoms with Crippen molar-refractivity contribution in [3.8, 4) is 6.07 Å². The van der Waals surface area contributed by atoms with Crippen LogP contribution in [0.1, 0.15) is 26.7 Å². The first-order chi connectivity index (χ1) is 9.04. The van der Waals surface area contributed by atoms with Crippen LogP contribution in [-0.2, 0) is 0 Å². The van der Waals surface area contributed by atoms with E-state index in [0.717, 1.165) is 31.6 Å². The van der Waals surface area contributed by atoms with Crippen LogP contribution in [0.15, 0.2) is 24.3 Å². The predicted molar refractivity (Wildman–Crippen MR) is 79.4 cm³/mol. The number of rotatable bonds is 3. The van der Waals surface area contributed by atoms with Crippen molar-refractivity contribution in [1.29, 1.82) is 5.26 Å². The van der Waals surface area contributed by atoms with E-state index in [1.165, 1.54) is 0 Å². The number of nitrogens with zero attached hydrogens (tertiary/aromatic N) is 2. The highest BCUT2D eigenvalue weighted by atomic mass is 35.5. The standard InChI is InChI=1S/C15H20ClN3/c1-12(2)19-9-7-15(11-17,8-10-19)18-14-5-3-13(16)4-6-14/h3-6,12,18H,7-10H2,1-2H3. The Morgan fingerprint density at radius 3 is 2.32 bits per heavy atom. The predicted octanol–water partition coefficient (Wildman–Crippen LogP) is 3.52. The fourth-order valence-electron chi connectivity index (χ4n) is 2.50. The number of anilines is 1. The second kappa shape index (κ2) is 5.81. The lowest BCUT2D eigenvalue weighted by Crippen LogP contribution is -2.50. The minimum atomic E-state index is -0.445. The molecular formula is C15H20ClN3. The number of piperidine rings is 1. The zero-order chi connectivity index (χ0) is 13.9. The van der Waals surface area contributed by atoms with Crippen LogP contribution in [0.25, 0.3) is 0 Å². The number of nitrogens with one attached hydrogen (secondary N) is 1. The van der Waals surface area contributed by atoms with Crippen molar-refractivity contribution >= 4 is 17.3 Å². The summed E-state index contributed by atoms with van der Waals surface area (Å²) >= 11 is 5.88. The van der Waals surface area contributed by atoms with E-state index in [-0.39, 0.29) is 0 Å². The van der Waals surface area contributed by atoms with Crippen LogP contribution in [0, 0.1) is 11.3 Å². The minimum Gasteiger partial charge on any atom is -0.367 e. The first-order valence-corrected chi connectivity index (χ1v) is 7.11. The molecule has 1 saturated heterocycles. The van der Waals surface area contributed by atoms with Gasteiger partial charge >= 0.3 is 0 Å². The average molecular weight is 278 g/mol. The Balaban J connectivity index is 2.05. The number of halogens is 1. The molecule has 0 aliphatic carbocycles. The number of benzene rings is 1. The fourth-order valence-corrected chi connectivity index (χ4v) is 2.62. The van der Waals surface area contributed by atoms with Gasteiger partial charge in [-0.25, -0.2) is 0 Å². The number of nitriles is 1. The maximum absolute atomic E-state index is 9.53. The SMILES string of the molecule is CC(C)N1CCC(C#N)(Nc2ccc(Cl)cc2)CC1. The third-order valence-electron chi connectivity index (χ3n) is 3.82. The molecule has 1 aromatic rings. The maximum atomic E-state index is 9.53. The summed E-state index contributed by atoms with van der Waals surface area (Å²) in [6.45, 7) is 6.33. The average Bonchev–Trinajstić information content (AvgIpc) is 2.42. The Hall–Kier alpha value is -1.24. The molecule has 102 valence electrons. The molecule has 0 atom stereocenters. The van der Waals surface area contributed by atoms with Crippen molar-refractivity contribution in [2.75, 3.05) is 18.4 Å². The van der Waals surface area contributed by atoms with Gasteiger partial charge in [0.25, 0.3) is 0 Å². The smallest absolute Gasteiger partial charge is 0.127 e. The molecule has 0 bridgehead atoms. The molecule has 1 aliphatic heterocycles. The second-order valence-corrected chi connectivity index (χ2v) is 5.89. The molecule has 1 fully saturated rings. The lowest BCUT2D eigenvalue weighted by Gasteiger charge is -2.40. The Morgan fingerprint density at radius 2 is 1.84 bits per heavy atom. The molecule has 1 aromatic carbocycles. The second-order valence-electron chi connectivity index (χ2n) is 5.46. The summed E-state index contributed by atoms with van der Waals surface area (Å²) in [5, 5.41) is 13.6. The van der Waals surface area contributed by atoms with Gasteiger partial charge in [-0.2, -0.15) is 5.26 Å². The summed E-state index contributed by atoms with van der Waals surface area (Å²) in [6, 6.07) is 10.6. The summed E-state index contributed by atoms with van der Waals surface area (Å²) in [6.07, 6.45) is 1.70. The molecule has 0 saturated carbocycles. The molecule has 1 heterocycles. The summed E-state index contributed by atoms with van der Waals surface area (Å²) in [4.78, 5) is 2.42. The number of likely N-dealkylation sites (tertiary alicyclic amines) is 1. The molecule has 0 spiro atoms. The molecule has 2 rings (SSSR count). The molecule has 4 heteroatoms. The van der Waals surface area contributed by atoms with Crippen molar-refractivity contribution < 1.29 is 0 Å². The van der Waals surface area contributed by atoms with Gasteiger partial charge in [0, 0.05) is 29.8 Å². The van der Waals surface area contributed by atoms with Crippen molar-refractivity contribution in [1.82, 2.24) is 4.90 Å². The van der Waals surface area contributed by atoms with E-state index in [1.54, 1.807) is 0 Å². The third kappa shape index (κ3) is 3.40. The summed E-state index contributed by atoms with van der Waals surface area (Å²) in [5.41, 5.74) is 0.517. The Kier molecular flexibility index (Phi) is 4.34. The molecule has 0 amide bonds. The van der Waals surface area contributed by atoms with Crippen LogP contribution in [0.2, 0.25) is 5.02 Å². The lowest BCUT2D eigenvalue weighted by molar-refractivity contribution is 0.160. The Bertz CT molecular complexity index is 453. The van der Waals surface area contributed by atoms with Crippen molar-refractivity contribution in [3.05, 3.63) is 29.3 Å². The van der Waals surface area contributed by atoms with Crippen LogP contribution in [0.5, 0.6) is 0 Å². The van der Waals surface area contributed by atoms with E-state index >= 15 is 0 Å². The van der Waals surface area contributed by atoms with E-state index in [1.807, 2.05) is 24.3 Å². The van der Waals surface area contributed by atoms with E-state index < -0.39 is 5.54 Å². The van der Waals surface area contributed by atoms with Crippen LogP contribution >= 0.6 is 11.6 Å². The van der Waals surface area contributed by atoms with Gasteiger partial charge < -0.3 is 10.2 Å². The minimum absolute atomic E-state index is 0.445. The van der Waals surface area contributed by atoms with Crippen molar-refractivity contribution in [2.45, 2.75) is 38.3 Å². The van der Waals surface area contributed by atoms with Gasteiger partial charge in [-0.15, -0.1) is 0 Å². The summed E-state index contributed by atoms with van der Waals surface area (Å²) in [5.74, 6) is 0. The zero-order valence-corrected chi connectivity index (χ0v) is 12.2. The van der Waals surface area contributed by atoms with Crippen LogP contribution in [-0.4, -0.2) is 29.6 Å². The Morgan fingerprint density at radius 1 is 1.26 bits per heavy atom. The van der Waals surface area contributed by atoms with Gasteiger partial charge in [0.2, 0.25) is 0 Å². The van der Waals surface area contributed by atoms with Crippen LogP contribution in [0.4, 0.5) is 5.69 Å². The topological polar surface area (TPSA) is 39.1 Å². The van der Waals surface area contributed by atoms with Crippen LogP contribution in [0.3, 0.4) is 0 Å². The van der Waals surface area contributed by atoms with Crippen molar-refractivity contribution in [3.63, 3.8) is 0 Å². The van der Waals surface area contributed by atoms with Crippen LogP contribution < -0.4 is 5.32 Å². The highest BCUT2D eigenvalue weighted by Gasteiger charge is 2.35. The van der Waals surface area contributed by atoms with E-state index in [9.17, 15) is 5.26 Å². The fraction of sp³-hybridized carbons (Fsp3) is 0.533.